The predicted octanol–water partition coefficient (Wildman–Crippen LogP) is 7.88. The van der Waals surface area contributed by atoms with Gasteiger partial charge in [0.1, 0.15) is 11.6 Å². The number of allylic oxidation sites excluding steroid dienone is 2. The maximum atomic E-state index is 13.4. The summed E-state index contributed by atoms with van der Waals surface area (Å²) in [5, 5.41) is 18.9. The molecule has 7 nitrogen and oxygen atoms in total. The first-order valence-electron chi connectivity index (χ1n) is 17.4. The molecule has 5 aliphatic carbocycles. The molecule has 0 aliphatic heterocycles. The van der Waals surface area contributed by atoms with Crippen molar-refractivity contribution in [3.05, 3.63) is 40.7 Å². The van der Waals surface area contributed by atoms with E-state index in [-0.39, 0.29) is 33.0 Å². The zero-order chi connectivity index (χ0) is 32.5. The number of anilines is 2. The van der Waals surface area contributed by atoms with E-state index in [1.54, 1.807) is 0 Å². The Morgan fingerprint density at radius 3 is 2.36 bits per heavy atom. The summed E-state index contributed by atoms with van der Waals surface area (Å²) in [6.07, 6.45) is 10.6. The Balaban J connectivity index is 1.48. The van der Waals surface area contributed by atoms with Crippen molar-refractivity contribution in [1.29, 1.82) is 0 Å². The smallest absolute Gasteiger partial charge is 0.310 e. The van der Waals surface area contributed by atoms with Crippen LogP contribution in [0.2, 0.25) is 0 Å². The molecule has 2 heterocycles. The first-order valence-corrected chi connectivity index (χ1v) is 17.4. The van der Waals surface area contributed by atoms with Crippen molar-refractivity contribution >= 4 is 23.2 Å². The molecule has 5 aliphatic rings. The Hall–Kier alpha value is -2.83. The molecule has 2 aromatic heterocycles. The molecule has 0 radical (unpaired) electrons. The number of carboxylic acid groups (broad SMARTS) is 1. The Morgan fingerprint density at radius 1 is 1.00 bits per heavy atom. The number of nitrogen functional groups attached to an aromatic ring is 1. The van der Waals surface area contributed by atoms with E-state index in [2.05, 4.69) is 77.0 Å². The fourth-order valence-electron chi connectivity index (χ4n) is 12.3. The number of hydrogen-bond acceptors (Lipinski definition) is 5. The van der Waals surface area contributed by atoms with Gasteiger partial charge in [0.2, 0.25) is 0 Å². The van der Waals surface area contributed by atoms with Crippen molar-refractivity contribution in [2.75, 3.05) is 24.7 Å². The summed E-state index contributed by atoms with van der Waals surface area (Å²) in [4.78, 5) is 20.4. The van der Waals surface area contributed by atoms with Gasteiger partial charge in [-0.2, -0.15) is 5.10 Å². The molecular weight excluding hydrogens is 558 g/mol. The summed E-state index contributed by atoms with van der Waals surface area (Å²) in [6, 6.07) is 4.40. The van der Waals surface area contributed by atoms with Gasteiger partial charge in [-0.25, -0.2) is 4.98 Å². The third-order valence-electron chi connectivity index (χ3n) is 14.9. The average Bonchev–Trinajstić information content (AvgIpc) is 3.33. The number of rotatable bonds is 3. The van der Waals surface area contributed by atoms with Crippen molar-refractivity contribution in [3.63, 3.8) is 0 Å². The minimum absolute atomic E-state index is 0.0193. The number of H-pyrrole nitrogens is 1. The van der Waals surface area contributed by atoms with Gasteiger partial charge in [-0.3, -0.25) is 9.89 Å². The second-order valence-corrected chi connectivity index (χ2v) is 18.0. The molecule has 0 saturated heterocycles. The molecule has 3 fully saturated rings. The van der Waals surface area contributed by atoms with Crippen LogP contribution in [-0.2, 0) is 16.6 Å². The lowest BCUT2D eigenvalue weighted by molar-refractivity contribution is -0.175. The Morgan fingerprint density at radius 2 is 1.71 bits per heavy atom. The molecule has 7 heteroatoms. The van der Waals surface area contributed by atoms with E-state index in [1.165, 1.54) is 28.0 Å². The maximum Gasteiger partial charge on any atom is 0.310 e. The molecular formula is C38H55N5O2. The number of nitrogens with two attached hydrogens (primary N) is 1. The van der Waals surface area contributed by atoms with Crippen molar-refractivity contribution < 1.29 is 9.90 Å². The molecule has 7 rings (SSSR count). The standard InChI is InChI=1S/C38H55N5O2/c1-33(2)14-16-38(32(44)45)17-15-37(7)29(25(38)20-33)23(22-10-11-28(40-21-22)43(8)9)18-27-35(5)19-24-30(41-42-31(24)39)34(3,4)26(35)12-13-36(27,37)6/h10-11,21,25-27H,12-20H2,1-9H3,(H,44,45)(H3,39,41,42)/t25-,26-,27?,35-,36+,37+,38-/m0/s1. The molecule has 3 saturated carbocycles. The number of nitrogens with zero attached hydrogens (tertiary/aromatic N) is 3. The number of nitrogens with one attached hydrogen (secondary N) is 1. The van der Waals surface area contributed by atoms with Crippen LogP contribution in [0.25, 0.3) is 5.57 Å². The van der Waals surface area contributed by atoms with Gasteiger partial charge in [-0.15, -0.1) is 0 Å². The van der Waals surface area contributed by atoms with Crippen molar-refractivity contribution in [3.8, 4) is 0 Å². The predicted molar refractivity (Wildman–Crippen MR) is 181 cm³/mol. The van der Waals surface area contributed by atoms with Crippen molar-refractivity contribution in [2.24, 2.45) is 44.8 Å². The number of aliphatic carboxylic acids is 1. The monoisotopic (exact) mass is 613 g/mol. The highest BCUT2D eigenvalue weighted by Crippen LogP contribution is 2.77. The van der Waals surface area contributed by atoms with Crippen LogP contribution in [0.1, 0.15) is 117 Å². The molecule has 0 spiro atoms. The van der Waals surface area contributed by atoms with E-state index in [9.17, 15) is 9.90 Å². The molecule has 45 heavy (non-hydrogen) atoms. The number of carbonyl (C=O) groups is 1. The minimum atomic E-state index is -0.691. The SMILES string of the molecule is CN(C)c1ccc(C2=C3[C@@H]4CC(C)(C)CC[C@]4(C(=O)O)CC[C@@]3(C)[C@]3(C)CC[C@H]4C(C)(C)c5[nH]nc(N)c5C[C@]4(C)C3C2)cn1. The number of aromatic nitrogens is 3. The van der Waals surface area contributed by atoms with E-state index in [0.717, 1.165) is 63.6 Å². The largest absolute Gasteiger partial charge is 0.481 e. The Bertz CT molecular complexity index is 1590. The lowest BCUT2D eigenvalue weighted by Crippen LogP contribution is -2.65. The van der Waals surface area contributed by atoms with Gasteiger partial charge >= 0.3 is 5.97 Å². The molecule has 4 N–H and O–H groups in total. The molecule has 1 unspecified atom stereocenters. The summed E-state index contributed by atoms with van der Waals surface area (Å²) < 4.78 is 0. The van der Waals surface area contributed by atoms with Gasteiger partial charge in [0.25, 0.3) is 0 Å². The van der Waals surface area contributed by atoms with E-state index >= 15 is 0 Å². The first kappa shape index (κ1) is 30.8. The summed E-state index contributed by atoms with van der Waals surface area (Å²) in [5.74, 6) is 1.95. The highest BCUT2D eigenvalue weighted by molar-refractivity contribution is 5.80. The normalized spacial score (nSPS) is 39.5. The van der Waals surface area contributed by atoms with Crippen LogP contribution in [0.15, 0.2) is 23.9 Å². The van der Waals surface area contributed by atoms with Gasteiger partial charge in [0.05, 0.1) is 5.41 Å². The first-order chi connectivity index (χ1) is 20.9. The van der Waals surface area contributed by atoms with Crippen LogP contribution in [0.5, 0.6) is 0 Å². The minimum Gasteiger partial charge on any atom is -0.481 e. The van der Waals surface area contributed by atoms with E-state index in [4.69, 9.17) is 10.7 Å². The summed E-state index contributed by atoms with van der Waals surface area (Å²) in [7, 11) is 4.06. The third kappa shape index (κ3) is 3.91. The second-order valence-electron chi connectivity index (χ2n) is 18.0. The maximum absolute atomic E-state index is 13.4. The molecule has 0 bridgehead atoms. The van der Waals surface area contributed by atoms with Gasteiger partial charge in [0, 0.05) is 37.0 Å². The zero-order valence-electron chi connectivity index (χ0n) is 29.1. The molecule has 0 aromatic carbocycles. The summed E-state index contributed by atoms with van der Waals surface area (Å²) in [5.41, 5.74) is 12.3. The van der Waals surface area contributed by atoms with E-state index in [0.29, 0.717) is 17.7 Å². The topological polar surface area (TPSA) is 108 Å². The Labute approximate surface area is 269 Å². The fraction of sp³-hybridized carbons (Fsp3) is 0.711. The van der Waals surface area contributed by atoms with E-state index < -0.39 is 11.4 Å². The van der Waals surface area contributed by atoms with Crippen molar-refractivity contribution in [2.45, 2.75) is 112 Å². The third-order valence-corrected chi connectivity index (χ3v) is 14.9. The zero-order valence-corrected chi connectivity index (χ0v) is 29.1. The number of carboxylic acids is 1. The molecule has 2 aromatic rings. The van der Waals surface area contributed by atoms with Crippen LogP contribution in [-0.4, -0.2) is 40.4 Å². The van der Waals surface area contributed by atoms with Crippen molar-refractivity contribution in [1.82, 2.24) is 15.2 Å². The molecule has 7 atom stereocenters. The summed E-state index contributed by atoms with van der Waals surface area (Å²) >= 11 is 0. The number of pyridine rings is 1. The van der Waals surface area contributed by atoms with E-state index in [1.807, 2.05) is 19.0 Å². The quantitative estimate of drug-likeness (QED) is 0.325. The number of fused-ring (bicyclic) bond motifs is 8. The van der Waals surface area contributed by atoms with Gasteiger partial charge in [-0.05, 0) is 120 Å². The highest BCUT2D eigenvalue weighted by atomic mass is 16.4. The lowest BCUT2D eigenvalue weighted by Gasteiger charge is -2.71. The van der Waals surface area contributed by atoms with Crippen LogP contribution in [0.3, 0.4) is 0 Å². The lowest BCUT2D eigenvalue weighted by atomic mass is 9.33. The Kier molecular flexibility index (Phi) is 6.42. The number of aromatic amines is 1. The highest BCUT2D eigenvalue weighted by Gasteiger charge is 2.70. The van der Waals surface area contributed by atoms with Gasteiger partial charge in [0.15, 0.2) is 0 Å². The van der Waals surface area contributed by atoms with Crippen LogP contribution < -0.4 is 10.6 Å². The van der Waals surface area contributed by atoms with Gasteiger partial charge in [-0.1, -0.05) is 54.0 Å². The average molecular weight is 614 g/mol. The fourth-order valence-corrected chi connectivity index (χ4v) is 12.3. The molecule has 244 valence electrons. The van der Waals surface area contributed by atoms with Crippen LogP contribution in [0, 0.1) is 44.8 Å². The molecule has 0 amide bonds. The van der Waals surface area contributed by atoms with Gasteiger partial charge < -0.3 is 15.7 Å². The van der Waals surface area contributed by atoms with Crippen LogP contribution >= 0.6 is 0 Å². The number of hydrogen-bond donors (Lipinski definition) is 3. The second kappa shape index (κ2) is 9.38. The summed E-state index contributed by atoms with van der Waals surface area (Å²) in [6.45, 7) is 17.2. The van der Waals surface area contributed by atoms with Crippen LogP contribution in [0.4, 0.5) is 11.6 Å².